The molecule has 0 aliphatic heterocycles. The summed E-state index contributed by atoms with van der Waals surface area (Å²) in [6.45, 7) is 6.68. The molecule has 144 valence electrons. The first kappa shape index (κ1) is 20.3. The van der Waals surface area contributed by atoms with Crippen LogP contribution in [-0.4, -0.2) is 31.0 Å². The van der Waals surface area contributed by atoms with E-state index in [0.29, 0.717) is 17.8 Å². The highest BCUT2D eigenvalue weighted by atomic mass is 16.5. The Morgan fingerprint density at radius 1 is 0.963 bits per heavy atom. The average Bonchev–Trinajstić information content (AvgIpc) is 2.68. The standard InChI is InChI=1S/C21H27N3O3/c1-4-15(3)27-19-12-10-18(11-13-19)24-20(25)14-23-17-8-6-16(7-9-17)21(26)22-5-2/h6-13,15,23H,4-5,14H2,1-3H3,(H,22,26)(H,24,25). The fourth-order valence-electron chi connectivity index (χ4n) is 2.32. The molecule has 0 aliphatic carbocycles. The number of anilines is 2. The van der Waals surface area contributed by atoms with E-state index in [-0.39, 0.29) is 24.5 Å². The lowest BCUT2D eigenvalue weighted by Gasteiger charge is -2.13. The van der Waals surface area contributed by atoms with Crippen molar-refractivity contribution in [2.45, 2.75) is 33.3 Å². The summed E-state index contributed by atoms with van der Waals surface area (Å²) in [5, 5.41) is 8.62. The molecule has 2 rings (SSSR count). The Morgan fingerprint density at radius 2 is 1.59 bits per heavy atom. The molecule has 1 atom stereocenters. The number of hydrogen-bond donors (Lipinski definition) is 3. The van der Waals surface area contributed by atoms with Gasteiger partial charge in [0.1, 0.15) is 5.75 Å². The summed E-state index contributed by atoms with van der Waals surface area (Å²) in [5.41, 5.74) is 2.08. The van der Waals surface area contributed by atoms with Crippen LogP contribution in [0.4, 0.5) is 11.4 Å². The summed E-state index contributed by atoms with van der Waals surface area (Å²) in [5.74, 6) is 0.522. The summed E-state index contributed by atoms with van der Waals surface area (Å²) < 4.78 is 5.72. The second kappa shape index (κ2) is 10.2. The normalized spacial score (nSPS) is 11.4. The number of rotatable bonds is 9. The maximum Gasteiger partial charge on any atom is 0.251 e. The van der Waals surface area contributed by atoms with Gasteiger partial charge in [0.25, 0.3) is 5.91 Å². The Hall–Kier alpha value is -3.02. The summed E-state index contributed by atoms with van der Waals surface area (Å²) in [4.78, 5) is 23.8. The molecule has 0 bridgehead atoms. The van der Waals surface area contributed by atoms with Gasteiger partial charge in [-0.3, -0.25) is 9.59 Å². The van der Waals surface area contributed by atoms with Crippen LogP contribution in [0.25, 0.3) is 0 Å². The molecule has 6 nitrogen and oxygen atoms in total. The van der Waals surface area contributed by atoms with E-state index < -0.39 is 0 Å². The van der Waals surface area contributed by atoms with E-state index in [1.165, 1.54) is 0 Å². The number of nitrogens with one attached hydrogen (secondary N) is 3. The number of ether oxygens (including phenoxy) is 1. The SMILES string of the molecule is CCNC(=O)c1ccc(NCC(=O)Nc2ccc(OC(C)CC)cc2)cc1. The predicted molar refractivity (Wildman–Crippen MR) is 108 cm³/mol. The first-order valence-electron chi connectivity index (χ1n) is 9.20. The zero-order chi connectivity index (χ0) is 19.6. The van der Waals surface area contributed by atoms with E-state index in [1.807, 2.05) is 38.1 Å². The van der Waals surface area contributed by atoms with E-state index in [4.69, 9.17) is 4.74 Å². The molecule has 2 amide bonds. The first-order chi connectivity index (χ1) is 13.0. The third-order valence-corrected chi connectivity index (χ3v) is 3.99. The Bertz CT molecular complexity index is 742. The number of hydrogen-bond acceptors (Lipinski definition) is 4. The summed E-state index contributed by atoms with van der Waals surface area (Å²) in [6.07, 6.45) is 1.10. The Kier molecular flexibility index (Phi) is 7.67. The van der Waals surface area contributed by atoms with Crippen molar-refractivity contribution in [1.82, 2.24) is 5.32 Å². The van der Waals surface area contributed by atoms with Gasteiger partial charge in [-0.25, -0.2) is 0 Å². The fraction of sp³-hybridized carbons (Fsp3) is 0.333. The van der Waals surface area contributed by atoms with Crippen molar-refractivity contribution in [3.05, 3.63) is 54.1 Å². The van der Waals surface area contributed by atoms with Crippen LogP contribution in [0.3, 0.4) is 0 Å². The third-order valence-electron chi connectivity index (χ3n) is 3.99. The van der Waals surface area contributed by atoms with Crippen LogP contribution in [0.15, 0.2) is 48.5 Å². The van der Waals surface area contributed by atoms with Gasteiger partial charge in [0, 0.05) is 23.5 Å². The molecule has 1 unspecified atom stereocenters. The second-order valence-corrected chi connectivity index (χ2v) is 6.20. The molecule has 0 heterocycles. The van der Waals surface area contributed by atoms with E-state index in [9.17, 15) is 9.59 Å². The zero-order valence-electron chi connectivity index (χ0n) is 16.0. The molecule has 0 fully saturated rings. The van der Waals surface area contributed by atoms with Crippen LogP contribution in [-0.2, 0) is 4.79 Å². The van der Waals surface area contributed by atoms with Gasteiger partial charge in [0.15, 0.2) is 0 Å². The van der Waals surface area contributed by atoms with Crippen molar-refractivity contribution < 1.29 is 14.3 Å². The maximum absolute atomic E-state index is 12.1. The molecule has 0 aromatic heterocycles. The van der Waals surface area contributed by atoms with E-state index >= 15 is 0 Å². The Morgan fingerprint density at radius 3 is 2.19 bits per heavy atom. The van der Waals surface area contributed by atoms with Gasteiger partial charge in [-0.15, -0.1) is 0 Å². The van der Waals surface area contributed by atoms with Gasteiger partial charge < -0.3 is 20.7 Å². The van der Waals surface area contributed by atoms with Gasteiger partial charge in [0.05, 0.1) is 12.6 Å². The fourth-order valence-corrected chi connectivity index (χ4v) is 2.32. The topological polar surface area (TPSA) is 79.5 Å². The maximum atomic E-state index is 12.1. The van der Waals surface area contributed by atoms with E-state index in [1.54, 1.807) is 24.3 Å². The van der Waals surface area contributed by atoms with Crippen molar-refractivity contribution in [3.8, 4) is 5.75 Å². The first-order valence-corrected chi connectivity index (χ1v) is 9.20. The Labute approximate surface area is 160 Å². The third kappa shape index (κ3) is 6.66. The molecule has 0 radical (unpaired) electrons. The monoisotopic (exact) mass is 369 g/mol. The molecular weight excluding hydrogens is 342 g/mol. The number of carbonyl (C=O) groups excluding carboxylic acids is 2. The molecule has 0 saturated heterocycles. The van der Waals surface area contributed by atoms with E-state index in [0.717, 1.165) is 17.9 Å². The molecule has 27 heavy (non-hydrogen) atoms. The van der Waals surface area contributed by atoms with Crippen molar-refractivity contribution in [2.24, 2.45) is 0 Å². The predicted octanol–water partition coefficient (Wildman–Crippen LogP) is 3.66. The second-order valence-electron chi connectivity index (χ2n) is 6.20. The van der Waals surface area contributed by atoms with Crippen LogP contribution in [0, 0.1) is 0 Å². The molecular formula is C21H27N3O3. The molecule has 2 aromatic carbocycles. The lowest BCUT2D eigenvalue weighted by Crippen LogP contribution is -2.23. The lowest BCUT2D eigenvalue weighted by atomic mass is 10.2. The van der Waals surface area contributed by atoms with Gasteiger partial charge >= 0.3 is 0 Å². The van der Waals surface area contributed by atoms with Gasteiger partial charge in [0.2, 0.25) is 5.91 Å². The van der Waals surface area contributed by atoms with Crippen LogP contribution < -0.4 is 20.7 Å². The van der Waals surface area contributed by atoms with Crippen LogP contribution in [0.1, 0.15) is 37.6 Å². The quantitative estimate of drug-likeness (QED) is 0.630. The van der Waals surface area contributed by atoms with Gasteiger partial charge in [-0.05, 0) is 68.8 Å². The zero-order valence-corrected chi connectivity index (χ0v) is 16.0. The number of benzene rings is 2. The largest absolute Gasteiger partial charge is 0.491 e. The number of carbonyl (C=O) groups is 2. The van der Waals surface area contributed by atoms with Crippen LogP contribution in [0.2, 0.25) is 0 Å². The van der Waals surface area contributed by atoms with Crippen molar-refractivity contribution >= 4 is 23.2 Å². The Balaban J connectivity index is 1.81. The van der Waals surface area contributed by atoms with Crippen molar-refractivity contribution in [3.63, 3.8) is 0 Å². The summed E-state index contributed by atoms with van der Waals surface area (Å²) >= 11 is 0. The molecule has 0 saturated carbocycles. The van der Waals surface area contributed by atoms with Gasteiger partial charge in [-0.1, -0.05) is 6.92 Å². The highest BCUT2D eigenvalue weighted by molar-refractivity contribution is 5.95. The minimum Gasteiger partial charge on any atom is -0.491 e. The van der Waals surface area contributed by atoms with Crippen molar-refractivity contribution in [1.29, 1.82) is 0 Å². The van der Waals surface area contributed by atoms with Gasteiger partial charge in [-0.2, -0.15) is 0 Å². The molecule has 2 aromatic rings. The average molecular weight is 369 g/mol. The molecule has 0 spiro atoms. The summed E-state index contributed by atoms with van der Waals surface area (Å²) in [7, 11) is 0. The minimum atomic E-state index is -0.154. The lowest BCUT2D eigenvalue weighted by molar-refractivity contribution is -0.114. The smallest absolute Gasteiger partial charge is 0.251 e. The molecule has 3 N–H and O–H groups in total. The van der Waals surface area contributed by atoms with Crippen molar-refractivity contribution in [2.75, 3.05) is 23.7 Å². The molecule has 0 aliphatic rings. The van der Waals surface area contributed by atoms with E-state index in [2.05, 4.69) is 22.9 Å². The number of amides is 2. The highest BCUT2D eigenvalue weighted by Gasteiger charge is 2.06. The van der Waals surface area contributed by atoms with Crippen LogP contribution in [0.5, 0.6) is 5.75 Å². The highest BCUT2D eigenvalue weighted by Crippen LogP contribution is 2.17. The molecule has 6 heteroatoms. The summed E-state index contributed by atoms with van der Waals surface area (Å²) in [6, 6.07) is 14.3. The minimum absolute atomic E-state index is 0.109. The van der Waals surface area contributed by atoms with Crippen LogP contribution >= 0.6 is 0 Å².